The van der Waals surface area contributed by atoms with Crippen LogP contribution in [0.5, 0.6) is 0 Å². The third-order valence-corrected chi connectivity index (χ3v) is 4.41. The Morgan fingerprint density at radius 2 is 2.20 bits per heavy atom. The summed E-state index contributed by atoms with van der Waals surface area (Å²) in [5.41, 5.74) is 1.92. The summed E-state index contributed by atoms with van der Waals surface area (Å²) < 4.78 is 2.14. The van der Waals surface area contributed by atoms with Gasteiger partial charge >= 0.3 is 0 Å². The van der Waals surface area contributed by atoms with Crippen molar-refractivity contribution >= 4 is 45.6 Å². The minimum atomic E-state index is -0.157. The van der Waals surface area contributed by atoms with Crippen LogP contribution in [0.25, 0.3) is 11.0 Å². The number of halogens is 2. The Morgan fingerprint density at radius 3 is 2.85 bits per heavy atom. The Labute approximate surface area is 131 Å². The zero-order chi connectivity index (χ0) is 14.3. The number of benzene rings is 1. The monoisotopic (exact) mass is 325 g/mol. The highest BCUT2D eigenvalue weighted by Crippen LogP contribution is 2.28. The standard InChI is InChI=1S/C14H13Cl2N3S/c1-8(15)14-18-12-5-10(16)3-4-13(12)19(14)7-11-6-17-9(2)20-11/h3-6,8H,7H2,1-2H3. The van der Waals surface area contributed by atoms with E-state index in [1.54, 1.807) is 11.3 Å². The summed E-state index contributed by atoms with van der Waals surface area (Å²) in [6.45, 7) is 4.67. The van der Waals surface area contributed by atoms with Crippen molar-refractivity contribution in [2.24, 2.45) is 0 Å². The lowest BCUT2D eigenvalue weighted by atomic mass is 10.3. The van der Waals surface area contributed by atoms with Crippen molar-refractivity contribution in [3.63, 3.8) is 0 Å². The molecule has 0 radical (unpaired) electrons. The molecule has 1 unspecified atom stereocenters. The first-order valence-electron chi connectivity index (χ1n) is 6.25. The first kappa shape index (κ1) is 13.9. The maximum atomic E-state index is 6.26. The van der Waals surface area contributed by atoms with Crippen molar-refractivity contribution in [2.75, 3.05) is 0 Å². The summed E-state index contributed by atoms with van der Waals surface area (Å²) in [4.78, 5) is 10.1. The van der Waals surface area contributed by atoms with E-state index in [0.29, 0.717) is 5.02 Å². The van der Waals surface area contributed by atoms with E-state index in [9.17, 15) is 0 Å². The van der Waals surface area contributed by atoms with Gasteiger partial charge in [-0.1, -0.05) is 11.6 Å². The van der Waals surface area contributed by atoms with Crippen molar-refractivity contribution in [1.82, 2.24) is 14.5 Å². The van der Waals surface area contributed by atoms with Crippen LogP contribution in [0.3, 0.4) is 0 Å². The molecule has 0 aliphatic rings. The smallest absolute Gasteiger partial charge is 0.128 e. The lowest BCUT2D eigenvalue weighted by Crippen LogP contribution is -2.04. The van der Waals surface area contributed by atoms with Gasteiger partial charge in [-0.15, -0.1) is 22.9 Å². The molecule has 0 saturated carbocycles. The van der Waals surface area contributed by atoms with E-state index in [-0.39, 0.29) is 5.38 Å². The van der Waals surface area contributed by atoms with Gasteiger partial charge in [0.05, 0.1) is 28.0 Å². The SMILES string of the molecule is Cc1ncc(Cn2c(C(C)Cl)nc3cc(Cl)ccc32)s1. The number of hydrogen-bond acceptors (Lipinski definition) is 3. The quantitative estimate of drug-likeness (QED) is 0.647. The Balaban J connectivity index is 2.13. The number of rotatable bonds is 3. The first-order valence-corrected chi connectivity index (χ1v) is 7.89. The Morgan fingerprint density at radius 1 is 1.40 bits per heavy atom. The molecule has 1 aromatic carbocycles. The molecule has 20 heavy (non-hydrogen) atoms. The molecule has 0 N–H and O–H groups in total. The molecule has 3 rings (SSSR count). The van der Waals surface area contributed by atoms with Gasteiger partial charge in [0.2, 0.25) is 0 Å². The largest absolute Gasteiger partial charge is 0.321 e. The first-order chi connectivity index (χ1) is 9.54. The average Bonchev–Trinajstić information content (AvgIpc) is 2.94. The van der Waals surface area contributed by atoms with Crippen molar-refractivity contribution < 1.29 is 0 Å². The van der Waals surface area contributed by atoms with Crippen molar-refractivity contribution in [2.45, 2.75) is 25.8 Å². The fourth-order valence-corrected chi connectivity index (χ4v) is 3.34. The third kappa shape index (κ3) is 2.55. The molecule has 0 bridgehead atoms. The minimum Gasteiger partial charge on any atom is -0.321 e. The van der Waals surface area contributed by atoms with Gasteiger partial charge in [0.15, 0.2) is 0 Å². The number of alkyl halides is 1. The van der Waals surface area contributed by atoms with Gasteiger partial charge in [0.1, 0.15) is 5.82 Å². The molecule has 2 heterocycles. The van der Waals surface area contributed by atoms with Crippen LogP contribution < -0.4 is 0 Å². The van der Waals surface area contributed by atoms with Gasteiger partial charge in [-0.2, -0.15) is 0 Å². The zero-order valence-electron chi connectivity index (χ0n) is 11.1. The van der Waals surface area contributed by atoms with Crippen LogP contribution in [0.15, 0.2) is 24.4 Å². The maximum Gasteiger partial charge on any atom is 0.128 e. The Hall–Kier alpha value is -1.10. The molecule has 1 atom stereocenters. The molecule has 3 aromatic rings. The van der Waals surface area contributed by atoms with E-state index in [1.165, 1.54) is 4.88 Å². The van der Waals surface area contributed by atoms with E-state index in [1.807, 2.05) is 38.2 Å². The molecular weight excluding hydrogens is 313 g/mol. The second kappa shape index (κ2) is 5.35. The van der Waals surface area contributed by atoms with Crippen LogP contribution in [-0.2, 0) is 6.54 Å². The normalized spacial score (nSPS) is 13.0. The molecule has 2 aromatic heterocycles. The van der Waals surface area contributed by atoms with E-state index in [4.69, 9.17) is 23.2 Å². The highest BCUT2D eigenvalue weighted by Gasteiger charge is 2.16. The second-order valence-electron chi connectivity index (χ2n) is 4.65. The number of thiazole rings is 1. The van der Waals surface area contributed by atoms with E-state index in [0.717, 1.165) is 28.4 Å². The number of aryl methyl sites for hydroxylation is 1. The van der Waals surface area contributed by atoms with Gasteiger partial charge in [0.25, 0.3) is 0 Å². The van der Waals surface area contributed by atoms with E-state index >= 15 is 0 Å². The fourth-order valence-electron chi connectivity index (χ4n) is 2.23. The zero-order valence-corrected chi connectivity index (χ0v) is 13.4. The molecule has 0 fully saturated rings. The number of imidazole rings is 1. The predicted octanol–water partition coefficient (Wildman–Crippen LogP) is 4.80. The molecule has 0 spiro atoms. The summed E-state index contributed by atoms with van der Waals surface area (Å²) in [6, 6.07) is 5.73. The van der Waals surface area contributed by atoms with Crippen LogP contribution >= 0.6 is 34.5 Å². The lowest BCUT2D eigenvalue weighted by molar-refractivity contribution is 0.749. The van der Waals surface area contributed by atoms with Crippen LogP contribution in [0.2, 0.25) is 5.02 Å². The molecule has 0 aliphatic heterocycles. The molecule has 0 saturated heterocycles. The molecule has 104 valence electrons. The van der Waals surface area contributed by atoms with E-state index in [2.05, 4.69) is 14.5 Å². The van der Waals surface area contributed by atoms with Crippen LogP contribution in [0.1, 0.15) is 28.0 Å². The molecular formula is C14H13Cl2N3S. The van der Waals surface area contributed by atoms with Gasteiger partial charge < -0.3 is 4.57 Å². The molecule has 6 heteroatoms. The fraction of sp³-hybridized carbons (Fsp3) is 0.286. The minimum absolute atomic E-state index is 0.157. The second-order valence-corrected chi connectivity index (χ2v) is 7.06. The number of hydrogen-bond donors (Lipinski definition) is 0. The molecule has 3 nitrogen and oxygen atoms in total. The van der Waals surface area contributed by atoms with Crippen molar-refractivity contribution in [3.05, 3.63) is 45.1 Å². The van der Waals surface area contributed by atoms with Crippen LogP contribution in [-0.4, -0.2) is 14.5 Å². The highest BCUT2D eigenvalue weighted by molar-refractivity contribution is 7.11. The van der Waals surface area contributed by atoms with Crippen molar-refractivity contribution in [3.8, 4) is 0 Å². The summed E-state index contributed by atoms with van der Waals surface area (Å²) in [6.07, 6.45) is 1.91. The van der Waals surface area contributed by atoms with Gasteiger partial charge in [-0.25, -0.2) is 9.97 Å². The van der Waals surface area contributed by atoms with Crippen LogP contribution in [0, 0.1) is 6.92 Å². The van der Waals surface area contributed by atoms with Gasteiger partial charge in [-0.05, 0) is 32.0 Å². The molecule has 0 aliphatic carbocycles. The Bertz CT molecular complexity index is 761. The summed E-state index contributed by atoms with van der Waals surface area (Å²) >= 11 is 14.0. The number of aromatic nitrogens is 3. The maximum absolute atomic E-state index is 6.26. The van der Waals surface area contributed by atoms with Crippen molar-refractivity contribution in [1.29, 1.82) is 0 Å². The topological polar surface area (TPSA) is 30.7 Å². The third-order valence-electron chi connectivity index (χ3n) is 3.08. The number of fused-ring (bicyclic) bond motifs is 1. The summed E-state index contributed by atoms with van der Waals surface area (Å²) in [7, 11) is 0. The van der Waals surface area contributed by atoms with E-state index < -0.39 is 0 Å². The van der Waals surface area contributed by atoms with Crippen LogP contribution in [0.4, 0.5) is 0 Å². The predicted molar refractivity (Wildman–Crippen MR) is 85.0 cm³/mol. The average molecular weight is 326 g/mol. The highest BCUT2D eigenvalue weighted by atomic mass is 35.5. The summed E-state index contributed by atoms with van der Waals surface area (Å²) in [5, 5.41) is 1.59. The molecule has 0 amide bonds. The summed E-state index contributed by atoms with van der Waals surface area (Å²) in [5.74, 6) is 0.856. The lowest BCUT2D eigenvalue weighted by Gasteiger charge is -2.08. The van der Waals surface area contributed by atoms with Gasteiger partial charge in [-0.3, -0.25) is 0 Å². The Kier molecular flexibility index (Phi) is 3.71. The number of nitrogens with zero attached hydrogens (tertiary/aromatic N) is 3. The van der Waals surface area contributed by atoms with Gasteiger partial charge in [0, 0.05) is 16.1 Å².